The number of fused-ring (bicyclic) bond motifs is 2. The van der Waals surface area contributed by atoms with Crippen LogP contribution in [0, 0.1) is 0 Å². The Balaban J connectivity index is 1.45. The maximum absolute atomic E-state index is 12.3. The highest BCUT2D eigenvalue weighted by atomic mass is 16.2. The van der Waals surface area contributed by atoms with Crippen molar-refractivity contribution in [2.45, 2.75) is 12.8 Å². The Morgan fingerprint density at radius 3 is 2.67 bits per heavy atom. The molecular weight excluding hydrogens is 306 g/mol. The molecule has 24 heavy (non-hydrogen) atoms. The molecule has 1 aromatic heterocycles. The van der Waals surface area contributed by atoms with Crippen LogP contribution in [0.2, 0.25) is 0 Å². The van der Waals surface area contributed by atoms with E-state index in [9.17, 15) is 14.4 Å². The van der Waals surface area contributed by atoms with Crippen molar-refractivity contribution in [2.75, 3.05) is 18.4 Å². The van der Waals surface area contributed by atoms with Gasteiger partial charge in [0.2, 0.25) is 11.8 Å². The number of ketones is 1. The Labute approximate surface area is 138 Å². The molecule has 1 saturated heterocycles. The standard InChI is InChI=1S/C18H15N3O3/c22-15-6-13-9-21(10-14(13)7-15)17(24)4-1-11-5-12-2-3-16(23)20-18(12)19-8-11/h1,4-8H,2-3,9-10H2,(H,19,20,23)/b4-1+. The van der Waals surface area contributed by atoms with E-state index in [0.29, 0.717) is 31.7 Å². The summed E-state index contributed by atoms with van der Waals surface area (Å²) in [5.41, 5.74) is 3.68. The van der Waals surface area contributed by atoms with Crippen molar-refractivity contribution in [1.82, 2.24) is 9.88 Å². The number of aromatic nitrogens is 1. The van der Waals surface area contributed by atoms with Gasteiger partial charge in [-0.15, -0.1) is 0 Å². The molecule has 0 unspecified atom stereocenters. The minimum atomic E-state index is -0.0929. The molecule has 6 heteroatoms. The summed E-state index contributed by atoms with van der Waals surface area (Å²) in [6, 6.07) is 1.94. The van der Waals surface area contributed by atoms with E-state index in [1.165, 1.54) is 6.08 Å². The van der Waals surface area contributed by atoms with Gasteiger partial charge >= 0.3 is 0 Å². The van der Waals surface area contributed by atoms with Crippen LogP contribution < -0.4 is 5.32 Å². The summed E-state index contributed by atoms with van der Waals surface area (Å²) in [5, 5.41) is 2.73. The number of pyridine rings is 1. The zero-order valence-corrected chi connectivity index (χ0v) is 12.9. The molecule has 3 heterocycles. The largest absolute Gasteiger partial charge is 0.330 e. The zero-order chi connectivity index (χ0) is 16.7. The van der Waals surface area contributed by atoms with E-state index in [4.69, 9.17) is 0 Å². The second kappa shape index (κ2) is 5.56. The number of amides is 2. The first kappa shape index (κ1) is 14.6. The third-order valence-electron chi connectivity index (χ3n) is 4.36. The summed E-state index contributed by atoms with van der Waals surface area (Å²) in [4.78, 5) is 40.8. The number of nitrogens with zero attached hydrogens (tertiary/aromatic N) is 2. The van der Waals surface area contributed by atoms with Crippen molar-refractivity contribution in [2.24, 2.45) is 0 Å². The van der Waals surface area contributed by atoms with E-state index in [2.05, 4.69) is 10.3 Å². The second-order valence-electron chi connectivity index (χ2n) is 6.09. The molecule has 3 aliphatic rings. The molecule has 0 aromatic carbocycles. The first-order valence-electron chi connectivity index (χ1n) is 7.80. The predicted octanol–water partition coefficient (Wildman–Crippen LogP) is 1.26. The molecule has 1 aromatic rings. The monoisotopic (exact) mass is 321 g/mol. The fourth-order valence-corrected chi connectivity index (χ4v) is 3.13. The summed E-state index contributed by atoms with van der Waals surface area (Å²) in [6.07, 6.45) is 9.19. The third kappa shape index (κ3) is 2.67. The van der Waals surface area contributed by atoms with E-state index in [0.717, 1.165) is 22.3 Å². The first-order valence-corrected chi connectivity index (χ1v) is 7.80. The number of anilines is 1. The zero-order valence-electron chi connectivity index (χ0n) is 12.9. The van der Waals surface area contributed by atoms with Crippen LogP contribution >= 0.6 is 0 Å². The Hall–Kier alpha value is -3.02. The average Bonchev–Trinajstić information content (AvgIpc) is 3.10. The number of rotatable bonds is 2. The lowest BCUT2D eigenvalue weighted by molar-refractivity contribution is -0.124. The lowest BCUT2D eigenvalue weighted by atomic mass is 10.0. The number of hydrogen-bond donors (Lipinski definition) is 1. The third-order valence-corrected chi connectivity index (χ3v) is 4.36. The summed E-state index contributed by atoms with van der Waals surface area (Å²) in [6.45, 7) is 0.963. The molecule has 120 valence electrons. The minimum absolute atomic E-state index is 0.00914. The molecule has 1 aliphatic carbocycles. The number of allylic oxidation sites excluding steroid dienone is 2. The molecule has 0 radical (unpaired) electrons. The number of likely N-dealkylation sites (tertiary alicyclic amines) is 1. The maximum Gasteiger partial charge on any atom is 0.247 e. The lowest BCUT2D eigenvalue weighted by Crippen LogP contribution is -2.26. The highest BCUT2D eigenvalue weighted by Crippen LogP contribution is 2.26. The van der Waals surface area contributed by atoms with E-state index >= 15 is 0 Å². The summed E-state index contributed by atoms with van der Waals surface area (Å²) >= 11 is 0. The number of carbonyl (C=O) groups is 3. The smallest absolute Gasteiger partial charge is 0.247 e. The molecule has 0 saturated carbocycles. The molecule has 6 nitrogen and oxygen atoms in total. The Kier molecular flexibility index (Phi) is 3.37. The van der Waals surface area contributed by atoms with Gasteiger partial charge in [0, 0.05) is 31.8 Å². The van der Waals surface area contributed by atoms with Gasteiger partial charge in [-0.3, -0.25) is 14.4 Å². The molecule has 1 fully saturated rings. The highest BCUT2D eigenvalue weighted by Gasteiger charge is 2.28. The van der Waals surface area contributed by atoms with Crippen LogP contribution in [0.15, 0.2) is 41.6 Å². The number of aryl methyl sites for hydroxylation is 1. The van der Waals surface area contributed by atoms with Gasteiger partial charge in [0.05, 0.1) is 0 Å². The van der Waals surface area contributed by atoms with Crippen LogP contribution in [0.25, 0.3) is 6.08 Å². The number of carbonyl (C=O) groups excluding carboxylic acids is 3. The van der Waals surface area contributed by atoms with Crippen LogP contribution in [0.4, 0.5) is 5.82 Å². The van der Waals surface area contributed by atoms with Gasteiger partial charge in [-0.05, 0) is 53.0 Å². The summed E-state index contributed by atoms with van der Waals surface area (Å²) in [5.74, 6) is 0.500. The van der Waals surface area contributed by atoms with E-state index in [1.54, 1.807) is 29.3 Å². The molecule has 2 amide bonds. The molecule has 4 rings (SSSR count). The Morgan fingerprint density at radius 2 is 1.92 bits per heavy atom. The van der Waals surface area contributed by atoms with Crippen molar-refractivity contribution in [3.05, 3.63) is 52.8 Å². The summed E-state index contributed by atoms with van der Waals surface area (Å²) < 4.78 is 0. The van der Waals surface area contributed by atoms with Gasteiger partial charge in [0.1, 0.15) is 5.82 Å². The lowest BCUT2D eigenvalue weighted by Gasteiger charge is -2.15. The molecule has 0 atom stereocenters. The molecule has 0 bridgehead atoms. The second-order valence-corrected chi connectivity index (χ2v) is 6.09. The van der Waals surface area contributed by atoms with Gasteiger partial charge in [0.25, 0.3) is 0 Å². The van der Waals surface area contributed by atoms with Crippen molar-refractivity contribution < 1.29 is 14.4 Å². The van der Waals surface area contributed by atoms with Crippen LogP contribution in [0.5, 0.6) is 0 Å². The van der Waals surface area contributed by atoms with Gasteiger partial charge in [-0.1, -0.05) is 0 Å². The fraction of sp³-hybridized carbons (Fsp3) is 0.222. The van der Waals surface area contributed by atoms with Crippen molar-refractivity contribution >= 4 is 29.5 Å². The van der Waals surface area contributed by atoms with Crippen molar-refractivity contribution in [3.63, 3.8) is 0 Å². The Morgan fingerprint density at radius 1 is 1.17 bits per heavy atom. The highest BCUT2D eigenvalue weighted by molar-refractivity contribution is 6.05. The van der Waals surface area contributed by atoms with Gasteiger partial charge in [0.15, 0.2) is 5.78 Å². The van der Waals surface area contributed by atoms with Crippen LogP contribution in [0.3, 0.4) is 0 Å². The normalized spacial score (nSPS) is 19.1. The van der Waals surface area contributed by atoms with E-state index in [1.807, 2.05) is 6.07 Å². The van der Waals surface area contributed by atoms with Crippen LogP contribution in [-0.4, -0.2) is 40.6 Å². The van der Waals surface area contributed by atoms with Crippen LogP contribution in [0.1, 0.15) is 17.5 Å². The average molecular weight is 321 g/mol. The van der Waals surface area contributed by atoms with E-state index in [-0.39, 0.29) is 17.6 Å². The van der Waals surface area contributed by atoms with Gasteiger partial charge in [-0.2, -0.15) is 0 Å². The molecule has 2 aliphatic heterocycles. The van der Waals surface area contributed by atoms with E-state index < -0.39 is 0 Å². The van der Waals surface area contributed by atoms with Gasteiger partial charge in [-0.25, -0.2) is 4.98 Å². The maximum atomic E-state index is 12.3. The first-order chi connectivity index (χ1) is 11.6. The molecule has 0 spiro atoms. The minimum Gasteiger partial charge on any atom is -0.330 e. The SMILES string of the molecule is O=C1C=C2CN(C(=O)/C=C/c3cnc4c(c3)CCC(=O)N4)CC2=C1. The molecular formula is C18H15N3O3. The number of nitrogens with one attached hydrogen (secondary N) is 1. The fourth-order valence-electron chi connectivity index (χ4n) is 3.13. The van der Waals surface area contributed by atoms with Gasteiger partial charge < -0.3 is 10.2 Å². The summed E-state index contributed by atoms with van der Waals surface area (Å²) in [7, 11) is 0. The van der Waals surface area contributed by atoms with Crippen molar-refractivity contribution in [3.8, 4) is 0 Å². The van der Waals surface area contributed by atoms with Crippen molar-refractivity contribution in [1.29, 1.82) is 0 Å². The topological polar surface area (TPSA) is 79.4 Å². The quantitative estimate of drug-likeness (QED) is 0.832. The predicted molar refractivity (Wildman–Crippen MR) is 88.0 cm³/mol. The Bertz CT molecular complexity index is 840. The number of hydrogen-bond acceptors (Lipinski definition) is 4. The van der Waals surface area contributed by atoms with Crippen LogP contribution in [-0.2, 0) is 20.8 Å². The molecule has 1 N–H and O–H groups in total.